The summed E-state index contributed by atoms with van der Waals surface area (Å²) in [6, 6.07) is 2.07. The molecule has 1 aromatic heterocycles. The highest BCUT2D eigenvalue weighted by molar-refractivity contribution is 5.82. The predicted octanol–water partition coefficient (Wildman–Crippen LogP) is 1.45. The van der Waals surface area contributed by atoms with Crippen LogP contribution in [0.3, 0.4) is 0 Å². The van der Waals surface area contributed by atoms with Gasteiger partial charge < -0.3 is 0 Å². The van der Waals surface area contributed by atoms with Crippen molar-refractivity contribution in [2.75, 3.05) is 0 Å². The number of rotatable bonds is 0. The highest BCUT2D eigenvalue weighted by Crippen LogP contribution is 2.17. The summed E-state index contributed by atoms with van der Waals surface area (Å²) in [6.45, 7) is 2.01. The van der Waals surface area contributed by atoms with Gasteiger partial charge in [0.2, 0.25) is 0 Å². The highest BCUT2D eigenvalue weighted by atomic mass is 16.1. The van der Waals surface area contributed by atoms with Crippen LogP contribution in [0.1, 0.15) is 23.2 Å². The average Bonchev–Trinajstić information content (AvgIpc) is 2.03. The smallest absolute Gasteiger partial charge is 0.137 e. The Morgan fingerprint density at radius 3 is 3.08 bits per heavy atom. The summed E-state index contributed by atoms with van der Waals surface area (Å²) in [7, 11) is 0. The largest absolute Gasteiger partial charge is 0.299 e. The van der Waals surface area contributed by atoms with Gasteiger partial charge in [0.1, 0.15) is 5.78 Å². The maximum Gasteiger partial charge on any atom is 0.137 e. The van der Waals surface area contributed by atoms with Crippen LogP contribution in [0.5, 0.6) is 0 Å². The third-order valence-electron chi connectivity index (χ3n) is 2.22. The molecule has 0 atom stereocenters. The van der Waals surface area contributed by atoms with Gasteiger partial charge in [0.25, 0.3) is 0 Å². The number of hydrogen-bond acceptors (Lipinski definition) is 2. The van der Waals surface area contributed by atoms with E-state index in [0.29, 0.717) is 18.6 Å². The first-order chi connectivity index (χ1) is 5.75. The molecule has 0 bridgehead atoms. The molecule has 2 rings (SSSR count). The van der Waals surface area contributed by atoms with Crippen molar-refractivity contribution < 1.29 is 4.79 Å². The zero-order valence-corrected chi connectivity index (χ0v) is 7.13. The maximum atomic E-state index is 11.1. The van der Waals surface area contributed by atoms with E-state index in [9.17, 15) is 4.79 Å². The van der Waals surface area contributed by atoms with Gasteiger partial charge >= 0.3 is 0 Å². The van der Waals surface area contributed by atoms with E-state index in [4.69, 9.17) is 0 Å². The number of ketones is 1. The maximum absolute atomic E-state index is 11.1. The SMILES string of the molecule is Cc1cnc2c(c1)CC(=O)CC2. The molecule has 0 radical (unpaired) electrons. The standard InChI is InChI=1S/C10H11NO/c1-7-4-8-5-9(12)2-3-10(8)11-6-7/h4,6H,2-3,5H2,1H3. The molecule has 12 heavy (non-hydrogen) atoms. The second-order valence-electron chi connectivity index (χ2n) is 3.33. The first-order valence-electron chi connectivity index (χ1n) is 4.22. The third kappa shape index (κ3) is 1.24. The van der Waals surface area contributed by atoms with Crippen molar-refractivity contribution in [2.24, 2.45) is 0 Å². The molecule has 2 heteroatoms. The number of Topliss-reactive ketones (excluding diaryl/α,β-unsaturated/α-hetero) is 1. The molecular formula is C10H11NO. The first-order valence-corrected chi connectivity index (χ1v) is 4.22. The summed E-state index contributed by atoms with van der Waals surface area (Å²) in [5, 5.41) is 0. The molecule has 0 aliphatic heterocycles. The van der Waals surface area contributed by atoms with Gasteiger partial charge in [-0.1, -0.05) is 6.07 Å². The predicted molar refractivity (Wildman–Crippen MR) is 46.0 cm³/mol. The van der Waals surface area contributed by atoms with Crippen LogP contribution in [0.4, 0.5) is 0 Å². The summed E-state index contributed by atoms with van der Waals surface area (Å²) in [6.07, 6.45) is 3.95. The molecule has 0 aromatic carbocycles. The lowest BCUT2D eigenvalue weighted by Crippen LogP contribution is -2.14. The first kappa shape index (κ1) is 7.47. The van der Waals surface area contributed by atoms with Crippen LogP contribution in [-0.2, 0) is 17.6 Å². The number of carbonyl (C=O) groups is 1. The average molecular weight is 161 g/mol. The lowest BCUT2D eigenvalue weighted by molar-refractivity contribution is -0.118. The molecule has 1 aliphatic carbocycles. The Morgan fingerprint density at radius 2 is 2.25 bits per heavy atom. The van der Waals surface area contributed by atoms with Crippen LogP contribution < -0.4 is 0 Å². The topological polar surface area (TPSA) is 30.0 Å². The zero-order chi connectivity index (χ0) is 8.55. The van der Waals surface area contributed by atoms with Gasteiger partial charge in [0.15, 0.2) is 0 Å². The van der Waals surface area contributed by atoms with Crippen LogP contribution in [0, 0.1) is 6.92 Å². The fourth-order valence-corrected chi connectivity index (χ4v) is 1.59. The monoisotopic (exact) mass is 161 g/mol. The summed E-state index contributed by atoms with van der Waals surface area (Å²) >= 11 is 0. The molecule has 0 N–H and O–H groups in total. The van der Waals surface area contributed by atoms with Crippen molar-refractivity contribution >= 4 is 5.78 Å². The van der Waals surface area contributed by atoms with Gasteiger partial charge in [0.05, 0.1) is 0 Å². The molecule has 0 saturated heterocycles. The molecule has 0 fully saturated rings. The number of hydrogen-bond donors (Lipinski definition) is 0. The van der Waals surface area contributed by atoms with Gasteiger partial charge in [0, 0.05) is 24.7 Å². The van der Waals surface area contributed by atoms with Crippen molar-refractivity contribution in [2.45, 2.75) is 26.2 Å². The number of nitrogens with zero attached hydrogens (tertiary/aromatic N) is 1. The van der Waals surface area contributed by atoms with E-state index in [1.807, 2.05) is 13.1 Å². The van der Waals surface area contributed by atoms with Crippen LogP contribution in [0.15, 0.2) is 12.3 Å². The van der Waals surface area contributed by atoms with Crippen molar-refractivity contribution in [3.05, 3.63) is 29.1 Å². The van der Waals surface area contributed by atoms with Crippen molar-refractivity contribution in [1.29, 1.82) is 0 Å². The van der Waals surface area contributed by atoms with Gasteiger partial charge in [-0.3, -0.25) is 9.78 Å². The van der Waals surface area contributed by atoms with E-state index in [2.05, 4.69) is 11.1 Å². The van der Waals surface area contributed by atoms with Gasteiger partial charge in [-0.05, 0) is 24.5 Å². The fraction of sp³-hybridized carbons (Fsp3) is 0.400. The van der Waals surface area contributed by atoms with Crippen molar-refractivity contribution in [1.82, 2.24) is 4.98 Å². The molecule has 0 spiro atoms. The van der Waals surface area contributed by atoms with Crippen molar-refractivity contribution in [3.63, 3.8) is 0 Å². The lowest BCUT2D eigenvalue weighted by atomic mass is 9.94. The van der Waals surface area contributed by atoms with E-state index < -0.39 is 0 Å². The quantitative estimate of drug-likeness (QED) is 0.576. The summed E-state index contributed by atoms with van der Waals surface area (Å²) in [4.78, 5) is 15.4. The lowest BCUT2D eigenvalue weighted by Gasteiger charge is -2.13. The Bertz CT molecular complexity index is 331. The Kier molecular flexibility index (Phi) is 1.68. The molecule has 0 saturated carbocycles. The van der Waals surface area contributed by atoms with Gasteiger partial charge in [-0.25, -0.2) is 0 Å². The highest BCUT2D eigenvalue weighted by Gasteiger charge is 2.15. The fourth-order valence-electron chi connectivity index (χ4n) is 1.59. The molecule has 62 valence electrons. The summed E-state index contributed by atoms with van der Waals surface area (Å²) in [5.41, 5.74) is 3.38. The Balaban J connectivity index is 2.44. The summed E-state index contributed by atoms with van der Waals surface area (Å²) in [5.74, 6) is 0.343. The van der Waals surface area contributed by atoms with Crippen LogP contribution >= 0.6 is 0 Å². The minimum Gasteiger partial charge on any atom is -0.299 e. The van der Waals surface area contributed by atoms with Crippen LogP contribution in [-0.4, -0.2) is 10.8 Å². The Labute approximate surface area is 71.6 Å². The number of fused-ring (bicyclic) bond motifs is 1. The molecule has 0 amide bonds. The second-order valence-corrected chi connectivity index (χ2v) is 3.33. The summed E-state index contributed by atoms with van der Waals surface area (Å²) < 4.78 is 0. The molecule has 0 unspecified atom stereocenters. The van der Waals surface area contributed by atoms with Crippen LogP contribution in [0.25, 0.3) is 0 Å². The third-order valence-corrected chi connectivity index (χ3v) is 2.22. The van der Waals surface area contributed by atoms with E-state index in [-0.39, 0.29) is 0 Å². The number of pyridine rings is 1. The van der Waals surface area contributed by atoms with Gasteiger partial charge in [-0.2, -0.15) is 0 Å². The Morgan fingerprint density at radius 1 is 1.42 bits per heavy atom. The molecule has 1 heterocycles. The second kappa shape index (κ2) is 2.70. The van der Waals surface area contributed by atoms with E-state index in [1.54, 1.807) is 0 Å². The number of aromatic nitrogens is 1. The zero-order valence-electron chi connectivity index (χ0n) is 7.13. The minimum absolute atomic E-state index is 0.343. The number of carbonyl (C=O) groups excluding carboxylic acids is 1. The number of aryl methyl sites for hydroxylation is 2. The van der Waals surface area contributed by atoms with E-state index in [1.165, 1.54) is 0 Å². The Hall–Kier alpha value is -1.18. The van der Waals surface area contributed by atoms with Gasteiger partial charge in [-0.15, -0.1) is 0 Å². The molecule has 1 aromatic rings. The normalized spacial score (nSPS) is 15.9. The van der Waals surface area contributed by atoms with E-state index >= 15 is 0 Å². The van der Waals surface area contributed by atoms with Crippen molar-refractivity contribution in [3.8, 4) is 0 Å². The molecular weight excluding hydrogens is 150 g/mol. The minimum atomic E-state index is 0.343. The molecule has 2 nitrogen and oxygen atoms in total. The molecule has 1 aliphatic rings. The van der Waals surface area contributed by atoms with Crippen LogP contribution in [0.2, 0.25) is 0 Å². The van der Waals surface area contributed by atoms with E-state index in [0.717, 1.165) is 23.2 Å².